The number of halogens is 2. The molecular formula is C17H15ClFN3O. The third-order valence-electron chi connectivity index (χ3n) is 3.51. The third kappa shape index (κ3) is 3.81. The van der Waals surface area contributed by atoms with Crippen molar-refractivity contribution in [1.29, 1.82) is 0 Å². The molecule has 0 saturated heterocycles. The molecule has 6 heteroatoms. The molecule has 0 aliphatic carbocycles. The van der Waals surface area contributed by atoms with Gasteiger partial charge in [0.25, 0.3) is 0 Å². The molecule has 0 atom stereocenters. The zero-order chi connectivity index (χ0) is 16.2. The van der Waals surface area contributed by atoms with Gasteiger partial charge in [-0.2, -0.15) is 0 Å². The maximum atomic E-state index is 12.8. The summed E-state index contributed by atoms with van der Waals surface area (Å²) in [5.41, 5.74) is 2.65. The van der Waals surface area contributed by atoms with Crippen LogP contribution in [0.1, 0.15) is 5.56 Å². The van der Waals surface area contributed by atoms with E-state index >= 15 is 0 Å². The van der Waals surface area contributed by atoms with Crippen molar-refractivity contribution in [2.75, 3.05) is 11.9 Å². The molecule has 0 saturated carbocycles. The standard InChI is InChI=1S/C17H15ClFN3O/c18-12-1-6-16-15(9-12)11(10-21-16)7-8-20-17(23)22-14-4-2-13(19)3-5-14/h1-6,9-10,21H,7-8H2,(H2,20,22,23). The van der Waals surface area contributed by atoms with Crippen LogP contribution in [0, 0.1) is 5.82 Å². The van der Waals surface area contributed by atoms with E-state index in [4.69, 9.17) is 11.6 Å². The summed E-state index contributed by atoms with van der Waals surface area (Å²) in [5.74, 6) is -0.339. The lowest BCUT2D eigenvalue weighted by Crippen LogP contribution is -2.30. The fourth-order valence-electron chi connectivity index (χ4n) is 2.38. The number of rotatable bonds is 4. The molecule has 2 aromatic carbocycles. The number of carbonyl (C=O) groups excluding carboxylic acids is 1. The van der Waals surface area contributed by atoms with Gasteiger partial charge in [0, 0.05) is 34.4 Å². The largest absolute Gasteiger partial charge is 0.361 e. The first kappa shape index (κ1) is 15.4. The van der Waals surface area contributed by atoms with Crippen LogP contribution in [-0.2, 0) is 6.42 Å². The first-order valence-corrected chi connectivity index (χ1v) is 7.55. The molecule has 0 aliphatic heterocycles. The van der Waals surface area contributed by atoms with Gasteiger partial charge in [-0.25, -0.2) is 9.18 Å². The summed E-state index contributed by atoms with van der Waals surface area (Å²) in [6.45, 7) is 0.479. The fourth-order valence-corrected chi connectivity index (χ4v) is 2.55. The van der Waals surface area contributed by atoms with Gasteiger partial charge in [-0.1, -0.05) is 11.6 Å². The molecular weight excluding hydrogens is 317 g/mol. The van der Waals surface area contributed by atoms with Crippen molar-refractivity contribution < 1.29 is 9.18 Å². The Hall–Kier alpha value is -2.53. The summed E-state index contributed by atoms with van der Waals surface area (Å²) < 4.78 is 12.8. The van der Waals surface area contributed by atoms with E-state index in [1.807, 2.05) is 24.4 Å². The Balaban J connectivity index is 1.55. The van der Waals surface area contributed by atoms with E-state index in [9.17, 15) is 9.18 Å². The molecule has 4 nitrogen and oxygen atoms in total. The zero-order valence-electron chi connectivity index (χ0n) is 12.2. The van der Waals surface area contributed by atoms with Crippen molar-refractivity contribution in [1.82, 2.24) is 10.3 Å². The number of amides is 2. The third-order valence-corrected chi connectivity index (χ3v) is 3.75. The van der Waals surface area contributed by atoms with Gasteiger partial charge in [0.2, 0.25) is 0 Å². The van der Waals surface area contributed by atoms with Crippen LogP contribution in [0.25, 0.3) is 10.9 Å². The van der Waals surface area contributed by atoms with Gasteiger partial charge >= 0.3 is 6.03 Å². The maximum absolute atomic E-state index is 12.8. The van der Waals surface area contributed by atoms with Gasteiger partial charge in [-0.05, 0) is 54.4 Å². The van der Waals surface area contributed by atoms with Crippen LogP contribution < -0.4 is 10.6 Å². The summed E-state index contributed by atoms with van der Waals surface area (Å²) in [6, 6.07) is 11.0. The lowest BCUT2D eigenvalue weighted by atomic mass is 10.1. The molecule has 2 amide bonds. The van der Waals surface area contributed by atoms with Gasteiger partial charge in [0.1, 0.15) is 5.82 Å². The number of anilines is 1. The molecule has 118 valence electrons. The maximum Gasteiger partial charge on any atom is 0.319 e. The quantitative estimate of drug-likeness (QED) is 0.655. The highest BCUT2D eigenvalue weighted by atomic mass is 35.5. The summed E-state index contributed by atoms with van der Waals surface area (Å²) in [5, 5.41) is 7.16. The predicted molar refractivity (Wildman–Crippen MR) is 90.4 cm³/mol. The lowest BCUT2D eigenvalue weighted by molar-refractivity contribution is 0.252. The Morgan fingerprint density at radius 1 is 1.17 bits per heavy atom. The SMILES string of the molecule is O=C(NCCc1c[nH]c2ccc(Cl)cc12)Nc1ccc(F)cc1. The van der Waals surface area contributed by atoms with Crippen LogP contribution in [0.15, 0.2) is 48.7 Å². The Labute approximate surface area is 137 Å². The van der Waals surface area contributed by atoms with Crippen LogP contribution >= 0.6 is 11.6 Å². The Morgan fingerprint density at radius 2 is 1.96 bits per heavy atom. The summed E-state index contributed by atoms with van der Waals surface area (Å²) in [6.07, 6.45) is 2.59. The average molecular weight is 332 g/mol. The molecule has 3 aromatic rings. The van der Waals surface area contributed by atoms with Crippen molar-refractivity contribution in [2.24, 2.45) is 0 Å². The van der Waals surface area contributed by atoms with E-state index in [0.717, 1.165) is 16.5 Å². The minimum absolute atomic E-state index is 0.325. The number of carbonyl (C=O) groups is 1. The molecule has 0 spiro atoms. The Morgan fingerprint density at radius 3 is 2.74 bits per heavy atom. The second-order valence-corrected chi connectivity index (χ2v) is 5.58. The molecule has 1 heterocycles. The molecule has 0 fully saturated rings. The van der Waals surface area contributed by atoms with Crippen molar-refractivity contribution in [3.8, 4) is 0 Å². The fraction of sp³-hybridized carbons (Fsp3) is 0.118. The van der Waals surface area contributed by atoms with Crippen molar-refractivity contribution in [2.45, 2.75) is 6.42 Å². The number of urea groups is 1. The number of hydrogen-bond donors (Lipinski definition) is 3. The van der Waals surface area contributed by atoms with Gasteiger partial charge in [-0.3, -0.25) is 0 Å². The molecule has 3 rings (SSSR count). The normalized spacial score (nSPS) is 10.7. The summed E-state index contributed by atoms with van der Waals surface area (Å²) >= 11 is 6.01. The molecule has 0 bridgehead atoms. The summed E-state index contributed by atoms with van der Waals surface area (Å²) in [7, 11) is 0. The van der Waals surface area contributed by atoms with Crippen LogP contribution in [0.3, 0.4) is 0 Å². The van der Waals surface area contributed by atoms with Gasteiger partial charge in [0.05, 0.1) is 0 Å². The number of nitrogens with one attached hydrogen (secondary N) is 3. The molecule has 1 aromatic heterocycles. The number of hydrogen-bond acceptors (Lipinski definition) is 1. The van der Waals surface area contributed by atoms with E-state index in [1.165, 1.54) is 24.3 Å². The number of aromatic nitrogens is 1. The number of fused-ring (bicyclic) bond motifs is 1. The summed E-state index contributed by atoms with van der Waals surface area (Å²) in [4.78, 5) is 15.0. The predicted octanol–water partition coefficient (Wildman–Crippen LogP) is 4.32. The van der Waals surface area contributed by atoms with Crippen LogP contribution in [0.5, 0.6) is 0 Å². The first-order chi connectivity index (χ1) is 11.1. The van der Waals surface area contributed by atoms with Crippen molar-refractivity contribution >= 4 is 34.2 Å². The molecule has 0 aliphatic rings. The van der Waals surface area contributed by atoms with E-state index in [0.29, 0.717) is 23.7 Å². The molecule has 3 N–H and O–H groups in total. The minimum atomic E-state index is -0.339. The number of benzene rings is 2. The van der Waals surface area contributed by atoms with Crippen LogP contribution in [0.2, 0.25) is 5.02 Å². The van der Waals surface area contributed by atoms with Gasteiger partial charge in [0.15, 0.2) is 0 Å². The Kier molecular flexibility index (Phi) is 4.48. The highest BCUT2D eigenvalue weighted by molar-refractivity contribution is 6.31. The smallest absolute Gasteiger partial charge is 0.319 e. The van der Waals surface area contributed by atoms with Crippen molar-refractivity contribution in [3.63, 3.8) is 0 Å². The highest BCUT2D eigenvalue weighted by Gasteiger charge is 2.06. The van der Waals surface area contributed by atoms with Gasteiger partial charge < -0.3 is 15.6 Å². The monoisotopic (exact) mass is 331 g/mol. The van der Waals surface area contributed by atoms with Crippen molar-refractivity contribution in [3.05, 3.63) is 65.1 Å². The van der Waals surface area contributed by atoms with Gasteiger partial charge in [-0.15, -0.1) is 0 Å². The molecule has 23 heavy (non-hydrogen) atoms. The number of H-pyrrole nitrogens is 1. The first-order valence-electron chi connectivity index (χ1n) is 7.18. The second-order valence-electron chi connectivity index (χ2n) is 5.14. The lowest BCUT2D eigenvalue weighted by Gasteiger charge is -2.07. The Bertz CT molecular complexity index is 829. The van der Waals surface area contributed by atoms with Crippen LogP contribution in [0.4, 0.5) is 14.9 Å². The van der Waals surface area contributed by atoms with E-state index in [-0.39, 0.29) is 11.8 Å². The van der Waals surface area contributed by atoms with Crippen LogP contribution in [-0.4, -0.2) is 17.6 Å². The minimum Gasteiger partial charge on any atom is -0.361 e. The number of aromatic amines is 1. The second kappa shape index (κ2) is 6.71. The van der Waals surface area contributed by atoms with E-state index < -0.39 is 0 Å². The highest BCUT2D eigenvalue weighted by Crippen LogP contribution is 2.22. The van der Waals surface area contributed by atoms with E-state index in [2.05, 4.69) is 15.6 Å². The topological polar surface area (TPSA) is 56.9 Å². The molecule has 0 radical (unpaired) electrons. The van der Waals surface area contributed by atoms with E-state index in [1.54, 1.807) is 0 Å². The zero-order valence-corrected chi connectivity index (χ0v) is 13.0. The average Bonchev–Trinajstić information content (AvgIpc) is 2.92. The molecule has 0 unspecified atom stereocenters.